The second-order valence-corrected chi connectivity index (χ2v) is 6.88. The highest BCUT2D eigenvalue weighted by molar-refractivity contribution is 8.06. The predicted molar refractivity (Wildman–Crippen MR) is 81.2 cm³/mol. The van der Waals surface area contributed by atoms with E-state index in [0.717, 1.165) is 12.3 Å². The number of thioether (sulfide) groups is 2. The van der Waals surface area contributed by atoms with E-state index in [9.17, 15) is 4.79 Å². The maximum atomic E-state index is 11.8. The third-order valence-electron chi connectivity index (χ3n) is 2.69. The second-order valence-electron chi connectivity index (χ2n) is 3.94. The van der Waals surface area contributed by atoms with E-state index in [1.165, 1.54) is 16.2 Å². The van der Waals surface area contributed by atoms with Crippen LogP contribution in [0.1, 0.15) is 6.92 Å². The molecule has 0 bridgehead atoms. The molecule has 1 N–H and O–H groups in total. The van der Waals surface area contributed by atoms with Crippen LogP contribution in [0.4, 0.5) is 5.69 Å². The van der Waals surface area contributed by atoms with Crippen molar-refractivity contribution in [2.24, 2.45) is 0 Å². The van der Waals surface area contributed by atoms with Gasteiger partial charge in [0.2, 0.25) is 0 Å². The van der Waals surface area contributed by atoms with Crippen molar-refractivity contribution in [3.05, 3.63) is 21.6 Å². The van der Waals surface area contributed by atoms with Gasteiger partial charge in [-0.15, -0.1) is 0 Å². The summed E-state index contributed by atoms with van der Waals surface area (Å²) in [5, 5.41) is 8.11. The summed E-state index contributed by atoms with van der Waals surface area (Å²) in [6.07, 6.45) is 1.63. The Labute approximate surface area is 120 Å². The number of halogens is 1. The van der Waals surface area contributed by atoms with Crippen molar-refractivity contribution >= 4 is 40.8 Å². The Morgan fingerprint density at radius 2 is 2.44 bits per heavy atom. The molecule has 0 radical (unpaired) electrons. The molecule has 1 atom stereocenters. The largest absolute Gasteiger partial charge is 0.381 e. The van der Waals surface area contributed by atoms with E-state index >= 15 is 0 Å². The maximum Gasteiger partial charge on any atom is 0.287 e. The van der Waals surface area contributed by atoms with Gasteiger partial charge in [0, 0.05) is 35.6 Å². The molecule has 2 heterocycles. The van der Waals surface area contributed by atoms with Crippen LogP contribution in [0.3, 0.4) is 0 Å². The van der Waals surface area contributed by atoms with Gasteiger partial charge in [0.15, 0.2) is 0 Å². The minimum atomic E-state index is -0.227. The van der Waals surface area contributed by atoms with Gasteiger partial charge >= 0.3 is 0 Å². The zero-order valence-corrected chi connectivity index (χ0v) is 12.6. The van der Waals surface area contributed by atoms with Crippen LogP contribution in [0.5, 0.6) is 0 Å². The molecule has 1 aliphatic heterocycles. The van der Waals surface area contributed by atoms with Crippen LogP contribution < -0.4 is 10.9 Å². The summed E-state index contributed by atoms with van der Waals surface area (Å²) in [7, 11) is 0. The summed E-state index contributed by atoms with van der Waals surface area (Å²) in [6, 6.07) is 0. The number of hydrogen-bond donors (Lipinski definition) is 1. The van der Waals surface area contributed by atoms with E-state index in [0.29, 0.717) is 17.5 Å². The molecule has 7 heteroatoms. The van der Waals surface area contributed by atoms with Crippen molar-refractivity contribution in [1.82, 2.24) is 9.78 Å². The lowest BCUT2D eigenvalue weighted by Gasteiger charge is -2.21. The van der Waals surface area contributed by atoms with Crippen LogP contribution in [0.25, 0.3) is 0 Å². The van der Waals surface area contributed by atoms with Gasteiger partial charge in [-0.05, 0) is 6.92 Å². The number of nitrogens with zero attached hydrogens (tertiary/aromatic N) is 2. The van der Waals surface area contributed by atoms with Crippen molar-refractivity contribution in [2.45, 2.75) is 18.7 Å². The topological polar surface area (TPSA) is 46.9 Å². The molecule has 2 rings (SSSR count). The van der Waals surface area contributed by atoms with E-state index in [1.807, 2.05) is 30.4 Å². The first-order chi connectivity index (χ1) is 8.72. The molecule has 0 aromatic carbocycles. The fourth-order valence-electron chi connectivity index (χ4n) is 1.69. The summed E-state index contributed by atoms with van der Waals surface area (Å²) in [5.41, 5.74) is 0.414. The Hall–Kier alpha value is -0.330. The maximum absolute atomic E-state index is 11.8. The fourth-order valence-corrected chi connectivity index (χ4v) is 4.52. The first-order valence-electron chi connectivity index (χ1n) is 5.91. The van der Waals surface area contributed by atoms with Gasteiger partial charge in [0.25, 0.3) is 5.56 Å². The third kappa shape index (κ3) is 3.36. The molecule has 1 aliphatic rings. The first kappa shape index (κ1) is 14.1. The fraction of sp³-hybridized carbons (Fsp3) is 0.636. The molecule has 0 amide bonds. The SMILES string of the molecule is CCn1ncc(NCC2CSCCS2)c(Cl)c1=O. The molecule has 0 spiro atoms. The number of aryl methyl sites for hydroxylation is 1. The molecule has 0 aliphatic carbocycles. The van der Waals surface area contributed by atoms with Crippen LogP contribution >= 0.6 is 35.1 Å². The zero-order valence-electron chi connectivity index (χ0n) is 10.2. The third-order valence-corrected chi connectivity index (χ3v) is 5.90. The average molecular weight is 306 g/mol. The van der Waals surface area contributed by atoms with Gasteiger partial charge in [-0.25, -0.2) is 4.68 Å². The molecule has 1 aromatic rings. The standard InChI is InChI=1S/C11H16ClN3OS2/c1-2-15-11(16)10(12)9(6-14-15)13-5-8-7-17-3-4-18-8/h6,8,13H,2-5,7H2,1H3. The van der Waals surface area contributed by atoms with Crippen molar-refractivity contribution in [3.8, 4) is 0 Å². The summed E-state index contributed by atoms with van der Waals surface area (Å²) in [5.74, 6) is 3.57. The zero-order chi connectivity index (χ0) is 13.0. The Morgan fingerprint density at radius 1 is 1.61 bits per heavy atom. The van der Waals surface area contributed by atoms with Gasteiger partial charge in [0.05, 0.1) is 11.9 Å². The number of nitrogens with one attached hydrogen (secondary N) is 1. The molecule has 1 saturated heterocycles. The normalized spacial score (nSPS) is 19.8. The number of aromatic nitrogens is 2. The highest BCUT2D eigenvalue weighted by Crippen LogP contribution is 2.25. The van der Waals surface area contributed by atoms with Gasteiger partial charge in [-0.3, -0.25) is 4.79 Å². The minimum absolute atomic E-state index is 0.227. The van der Waals surface area contributed by atoms with E-state index in [2.05, 4.69) is 10.4 Å². The minimum Gasteiger partial charge on any atom is -0.381 e. The van der Waals surface area contributed by atoms with E-state index in [4.69, 9.17) is 11.6 Å². The second kappa shape index (κ2) is 6.73. The van der Waals surface area contributed by atoms with Crippen molar-refractivity contribution in [3.63, 3.8) is 0 Å². The Morgan fingerprint density at radius 3 is 3.11 bits per heavy atom. The van der Waals surface area contributed by atoms with Crippen LogP contribution in [-0.2, 0) is 6.54 Å². The molecular formula is C11H16ClN3OS2. The Bertz CT molecular complexity index is 460. The molecule has 18 heavy (non-hydrogen) atoms. The summed E-state index contributed by atoms with van der Waals surface area (Å²) < 4.78 is 1.36. The average Bonchev–Trinajstić information content (AvgIpc) is 2.42. The van der Waals surface area contributed by atoms with Crippen molar-refractivity contribution in [1.29, 1.82) is 0 Å². The van der Waals surface area contributed by atoms with Gasteiger partial charge in [0.1, 0.15) is 5.02 Å². The monoisotopic (exact) mass is 305 g/mol. The van der Waals surface area contributed by atoms with Gasteiger partial charge < -0.3 is 5.32 Å². The van der Waals surface area contributed by atoms with Crippen LogP contribution in [0.2, 0.25) is 5.02 Å². The van der Waals surface area contributed by atoms with Gasteiger partial charge in [-0.1, -0.05) is 11.6 Å². The lowest BCUT2D eigenvalue weighted by Crippen LogP contribution is -2.26. The van der Waals surface area contributed by atoms with Crippen LogP contribution in [0, 0.1) is 0 Å². The molecule has 0 saturated carbocycles. The number of hydrogen-bond acceptors (Lipinski definition) is 5. The highest BCUT2D eigenvalue weighted by atomic mass is 35.5. The highest BCUT2D eigenvalue weighted by Gasteiger charge is 2.15. The summed E-state index contributed by atoms with van der Waals surface area (Å²) >= 11 is 9.99. The van der Waals surface area contributed by atoms with Crippen molar-refractivity contribution in [2.75, 3.05) is 29.1 Å². The predicted octanol–water partition coefficient (Wildman–Crippen LogP) is 2.18. The van der Waals surface area contributed by atoms with E-state index in [1.54, 1.807) is 6.20 Å². The molecule has 1 fully saturated rings. The van der Waals surface area contributed by atoms with Gasteiger partial charge in [-0.2, -0.15) is 28.6 Å². The summed E-state index contributed by atoms with van der Waals surface area (Å²) in [4.78, 5) is 11.8. The molecule has 4 nitrogen and oxygen atoms in total. The quantitative estimate of drug-likeness (QED) is 0.924. The van der Waals surface area contributed by atoms with E-state index < -0.39 is 0 Å². The molecule has 100 valence electrons. The first-order valence-corrected chi connectivity index (χ1v) is 8.49. The Kier molecular flexibility index (Phi) is 5.26. The lowest BCUT2D eigenvalue weighted by atomic mass is 10.4. The summed E-state index contributed by atoms with van der Waals surface area (Å²) in [6.45, 7) is 3.23. The molecular weight excluding hydrogens is 290 g/mol. The molecule has 1 unspecified atom stereocenters. The number of rotatable bonds is 4. The number of anilines is 1. The van der Waals surface area contributed by atoms with E-state index in [-0.39, 0.29) is 10.6 Å². The molecule has 1 aromatic heterocycles. The Balaban J connectivity index is 2.01. The van der Waals surface area contributed by atoms with Crippen molar-refractivity contribution < 1.29 is 0 Å². The smallest absolute Gasteiger partial charge is 0.287 e. The van der Waals surface area contributed by atoms with Crippen LogP contribution in [0.15, 0.2) is 11.0 Å². The van der Waals surface area contributed by atoms with Crippen LogP contribution in [-0.4, -0.2) is 38.8 Å². The lowest BCUT2D eigenvalue weighted by molar-refractivity contribution is 0.616.